The highest BCUT2D eigenvalue weighted by Crippen LogP contribution is 2.41. The lowest BCUT2D eigenvalue weighted by Crippen LogP contribution is -1.99. The molecule has 0 N–H and O–H groups in total. The number of nitriles is 1. The van der Waals surface area contributed by atoms with Crippen molar-refractivity contribution < 1.29 is 9.66 Å². The third-order valence-electron chi connectivity index (χ3n) is 2.39. The van der Waals surface area contributed by atoms with Gasteiger partial charge < -0.3 is 4.74 Å². The van der Waals surface area contributed by atoms with E-state index in [1.165, 1.54) is 12.1 Å². The topological polar surface area (TPSA) is 89.0 Å². The van der Waals surface area contributed by atoms with Crippen molar-refractivity contribution in [1.29, 1.82) is 5.26 Å². The molecule has 1 heterocycles. The van der Waals surface area contributed by atoms with Gasteiger partial charge in [-0.1, -0.05) is 40.9 Å². The first-order chi connectivity index (χ1) is 9.95. The molecule has 0 bridgehead atoms. The van der Waals surface area contributed by atoms with Crippen LogP contribution in [0.1, 0.15) is 5.56 Å². The zero-order valence-corrected chi connectivity index (χ0v) is 12.3. The molecule has 0 fully saturated rings. The number of halogens is 3. The van der Waals surface area contributed by atoms with Crippen LogP contribution in [-0.2, 0) is 0 Å². The monoisotopic (exact) mass is 343 g/mol. The Morgan fingerprint density at radius 1 is 1.33 bits per heavy atom. The first kappa shape index (κ1) is 15.3. The SMILES string of the molecule is N#Cc1cnc(Cl)c([N+](=O)[O-])c1Oc1cccc(Cl)c1Cl. The summed E-state index contributed by atoms with van der Waals surface area (Å²) in [5.41, 5.74) is -0.770. The van der Waals surface area contributed by atoms with Gasteiger partial charge in [0, 0.05) is 0 Å². The lowest BCUT2D eigenvalue weighted by Gasteiger charge is -2.10. The van der Waals surface area contributed by atoms with Crippen LogP contribution in [0.3, 0.4) is 0 Å². The predicted octanol–water partition coefficient (Wildman–Crippen LogP) is 4.61. The smallest absolute Gasteiger partial charge is 0.349 e. The lowest BCUT2D eigenvalue weighted by molar-refractivity contribution is -0.385. The Balaban J connectivity index is 2.63. The number of nitrogens with zero attached hydrogens (tertiary/aromatic N) is 3. The molecule has 6 nitrogen and oxygen atoms in total. The molecule has 1 aromatic heterocycles. The van der Waals surface area contributed by atoms with E-state index in [2.05, 4.69) is 4.98 Å². The zero-order chi connectivity index (χ0) is 15.6. The number of rotatable bonds is 3. The van der Waals surface area contributed by atoms with Gasteiger partial charge in [-0.15, -0.1) is 0 Å². The Labute approximate surface area is 133 Å². The summed E-state index contributed by atoms with van der Waals surface area (Å²) in [6.07, 6.45) is 1.07. The molecule has 2 rings (SSSR count). The molecular formula is C12H4Cl3N3O3. The minimum absolute atomic E-state index is 0.0605. The van der Waals surface area contributed by atoms with Crippen molar-refractivity contribution in [2.24, 2.45) is 0 Å². The molecule has 1 aromatic carbocycles. The first-order valence-electron chi connectivity index (χ1n) is 5.30. The van der Waals surface area contributed by atoms with Crippen LogP contribution in [0.2, 0.25) is 15.2 Å². The molecule has 0 spiro atoms. The Kier molecular flexibility index (Phi) is 4.48. The van der Waals surface area contributed by atoms with Gasteiger partial charge in [0.25, 0.3) is 0 Å². The van der Waals surface area contributed by atoms with E-state index in [9.17, 15) is 10.1 Å². The van der Waals surface area contributed by atoms with E-state index in [0.29, 0.717) is 0 Å². The summed E-state index contributed by atoms with van der Waals surface area (Å²) in [7, 11) is 0. The number of ether oxygens (including phenoxy) is 1. The summed E-state index contributed by atoms with van der Waals surface area (Å²) in [4.78, 5) is 13.9. The van der Waals surface area contributed by atoms with Crippen LogP contribution in [0.15, 0.2) is 24.4 Å². The third-order valence-corrected chi connectivity index (χ3v) is 3.47. The molecule has 0 atom stereocenters. The van der Waals surface area contributed by atoms with Gasteiger partial charge in [-0.25, -0.2) is 4.98 Å². The zero-order valence-electron chi connectivity index (χ0n) is 10.0. The number of benzene rings is 1. The van der Waals surface area contributed by atoms with Gasteiger partial charge >= 0.3 is 5.69 Å². The van der Waals surface area contributed by atoms with Gasteiger partial charge in [-0.3, -0.25) is 10.1 Å². The highest BCUT2D eigenvalue weighted by atomic mass is 35.5. The Morgan fingerprint density at radius 3 is 2.67 bits per heavy atom. The van der Waals surface area contributed by atoms with Crippen LogP contribution in [0.25, 0.3) is 0 Å². The van der Waals surface area contributed by atoms with Gasteiger partial charge in [0.15, 0.2) is 0 Å². The minimum Gasteiger partial charge on any atom is -0.447 e. The van der Waals surface area contributed by atoms with Crippen LogP contribution in [0, 0.1) is 21.4 Å². The maximum atomic E-state index is 11.1. The minimum atomic E-state index is -0.788. The van der Waals surface area contributed by atoms with Gasteiger partial charge in [-0.2, -0.15) is 5.26 Å². The van der Waals surface area contributed by atoms with Crippen LogP contribution in [0.5, 0.6) is 11.5 Å². The van der Waals surface area contributed by atoms with Gasteiger partial charge in [0.2, 0.25) is 10.9 Å². The van der Waals surface area contributed by atoms with E-state index in [0.717, 1.165) is 6.20 Å². The summed E-state index contributed by atoms with van der Waals surface area (Å²) >= 11 is 17.5. The van der Waals surface area contributed by atoms with E-state index in [1.807, 2.05) is 0 Å². The van der Waals surface area contributed by atoms with Crippen LogP contribution in [0.4, 0.5) is 5.69 Å². The van der Waals surface area contributed by atoms with Crippen LogP contribution in [-0.4, -0.2) is 9.91 Å². The molecule has 0 aliphatic heterocycles. The van der Waals surface area contributed by atoms with E-state index in [4.69, 9.17) is 44.8 Å². The summed E-state index contributed by atoms with van der Waals surface area (Å²) in [6, 6.07) is 6.27. The van der Waals surface area contributed by atoms with Gasteiger partial charge in [-0.05, 0) is 12.1 Å². The highest BCUT2D eigenvalue weighted by Gasteiger charge is 2.27. The van der Waals surface area contributed by atoms with Crippen LogP contribution >= 0.6 is 34.8 Å². The molecule has 0 amide bonds. The van der Waals surface area contributed by atoms with Crippen molar-refractivity contribution in [3.05, 3.63) is 55.3 Å². The summed E-state index contributed by atoms with van der Waals surface area (Å²) in [5.74, 6) is -0.280. The molecule has 2 aromatic rings. The average molecular weight is 345 g/mol. The Bertz CT molecular complexity index is 774. The van der Waals surface area contributed by atoms with Gasteiger partial charge in [0.05, 0.1) is 16.1 Å². The molecule has 0 aliphatic carbocycles. The van der Waals surface area contributed by atoms with Crippen molar-refractivity contribution in [2.45, 2.75) is 0 Å². The normalized spacial score (nSPS) is 10.0. The second kappa shape index (κ2) is 6.14. The van der Waals surface area contributed by atoms with E-state index >= 15 is 0 Å². The number of nitro groups is 1. The molecule has 106 valence electrons. The van der Waals surface area contributed by atoms with E-state index < -0.39 is 15.8 Å². The van der Waals surface area contributed by atoms with Gasteiger partial charge in [0.1, 0.15) is 22.4 Å². The summed E-state index contributed by atoms with van der Waals surface area (Å²) < 4.78 is 5.38. The van der Waals surface area contributed by atoms with Crippen molar-refractivity contribution in [1.82, 2.24) is 4.98 Å². The Hall–Kier alpha value is -2.07. The summed E-state index contributed by atoms with van der Waals surface area (Å²) in [5, 5.41) is 20.0. The fourth-order valence-electron chi connectivity index (χ4n) is 1.48. The third kappa shape index (κ3) is 3.00. The maximum Gasteiger partial charge on any atom is 0.349 e. The highest BCUT2D eigenvalue weighted by molar-refractivity contribution is 6.42. The predicted molar refractivity (Wildman–Crippen MR) is 77.2 cm³/mol. The maximum absolute atomic E-state index is 11.1. The van der Waals surface area contributed by atoms with Crippen LogP contribution < -0.4 is 4.74 Å². The van der Waals surface area contributed by atoms with Crippen molar-refractivity contribution >= 4 is 40.5 Å². The molecule has 0 saturated heterocycles. The second-order valence-corrected chi connectivity index (χ2v) is 4.81. The molecule has 0 aliphatic rings. The quantitative estimate of drug-likeness (QED) is 0.460. The fraction of sp³-hybridized carbons (Fsp3) is 0. The molecule has 21 heavy (non-hydrogen) atoms. The van der Waals surface area contributed by atoms with Crippen molar-refractivity contribution in [3.63, 3.8) is 0 Å². The van der Waals surface area contributed by atoms with E-state index in [-0.39, 0.29) is 27.1 Å². The number of hydrogen-bond acceptors (Lipinski definition) is 5. The second-order valence-electron chi connectivity index (χ2n) is 3.66. The molecule has 9 heteroatoms. The molecule has 0 radical (unpaired) electrons. The molecule has 0 unspecified atom stereocenters. The number of pyridine rings is 1. The van der Waals surface area contributed by atoms with Crippen molar-refractivity contribution in [3.8, 4) is 17.6 Å². The Morgan fingerprint density at radius 2 is 2.05 bits per heavy atom. The average Bonchev–Trinajstić information content (AvgIpc) is 2.43. The summed E-state index contributed by atoms with van der Waals surface area (Å²) in [6.45, 7) is 0. The molecular weight excluding hydrogens is 341 g/mol. The molecule has 0 saturated carbocycles. The first-order valence-corrected chi connectivity index (χ1v) is 6.44. The number of aromatic nitrogens is 1. The number of hydrogen-bond donors (Lipinski definition) is 0. The largest absolute Gasteiger partial charge is 0.447 e. The lowest BCUT2D eigenvalue weighted by atomic mass is 10.2. The van der Waals surface area contributed by atoms with Crippen molar-refractivity contribution in [2.75, 3.05) is 0 Å². The van der Waals surface area contributed by atoms with E-state index in [1.54, 1.807) is 12.1 Å². The fourth-order valence-corrected chi connectivity index (χ4v) is 2.01. The standard InChI is InChI=1S/C12H4Cl3N3O3/c13-7-2-1-3-8(9(7)14)21-11-6(4-16)5-17-12(15)10(11)18(19)20/h1-3,5H.